The van der Waals surface area contributed by atoms with E-state index in [1.54, 1.807) is 6.07 Å². The molecule has 0 bridgehead atoms. The molecular weight excluding hydrogens is 252 g/mol. The summed E-state index contributed by atoms with van der Waals surface area (Å²) in [7, 11) is 4.19. The zero-order valence-corrected chi connectivity index (χ0v) is 12.0. The van der Waals surface area contributed by atoms with Gasteiger partial charge in [-0.2, -0.15) is 0 Å². The Morgan fingerprint density at radius 2 is 1.90 bits per heavy atom. The van der Waals surface area contributed by atoms with Gasteiger partial charge in [-0.3, -0.25) is 4.90 Å². The predicted octanol–water partition coefficient (Wildman–Crippen LogP) is 2.32. The van der Waals surface area contributed by atoms with E-state index in [1.165, 1.54) is 10.9 Å². The number of hydrogen-bond acceptors (Lipinski definition) is 4. The average Bonchev–Trinajstić information content (AvgIpc) is 2.77. The number of nitrogens with zero attached hydrogens (tertiary/aromatic N) is 4. The van der Waals surface area contributed by atoms with Crippen LogP contribution >= 0.6 is 0 Å². The van der Waals surface area contributed by atoms with Crippen molar-refractivity contribution in [3.8, 4) is 0 Å². The quantitative estimate of drug-likeness (QED) is 0.805. The summed E-state index contributed by atoms with van der Waals surface area (Å²) in [5.41, 5.74) is 2.89. The Bertz CT molecular complexity index is 626. The maximum Gasteiger partial charge on any atom is 0.110 e. The summed E-state index contributed by atoms with van der Waals surface area (Å²) in [4.78, 5) is 15.5. The lowest BCUT2D eigenvalue weighted by molar-refractivity contribution is 0.148. The van der Waals surface area contributed by atoms with Crippen molar-refractivity contribution in [3.05, 3.63) is 34.9 Å². The number of aryl methyl sites for hydroxylation is 1. The molecule has 0 N–H and O–H groups in total. The lowest BCUT2D eigenvalue weighted by Gasteiger charge is -2.32. The first-order chi connectivity index (χ1) is 9.67. The molecule has 1 aliphatic rings. The van der Waals surface area contributed by atoms with Gasteiger partial charge >= 0.3 is 0 Å². The van der Waals surface area contributed by atoms with E-state index in [0.29, 0.717) is 5.69 Å². The fourth-order valence-corrected chi connectivity index (χ4v) is 2.89. The van der Waals surface area contributed by atoms with Gasteiger partial charge in [-0.25, -0.2) is 0 Å². The number of nitroso groups, excluding NO2 is 1. The predicted molar refractivity (Wildman–Crippen MR) is 81.1 cm³/mol. The molecular formula is C15H20N4O. The molecule has 2 heterocycles. The van der Waals surface area contributed by atoms with Gasteiger partial charge < -0.3 is 9.47 Å². The number of likely N-dealkylation sites (N-methyl/N-ethyl adjacent to an activating group) is 1. The highest BCUT2D eigenvalue weighted by Gasteiger charge is 2.16. The van der Waals surface area contributed by atoms with Crippen molar-refractivity contribution in [1.29, 1.82) is 0 Å². The van der Waals surface area contributed by atoms with Gasteiger partial charge in [0.15, 0.2) is 0 Å². The molecule has 1 aliphatic heterocycles. The number of aromatic nitrogens is 1. The molecule has 5 nitrogen and oxygen atoms in total. The van der Waals surface area contributed by atoms with E-state index in [9.17, 15) is 4.91 Å². The Labute approximate surface area is 118 Å². The van der Waals surface area contributed by atoms with Gasteiger partial charge in [-0.15, -0.1) is 4.91 Å². The zero-order valence-electron chi connectivity index (χ0n) is 12.0. The third-order valence-electron chi connectivity index (χ3n) is 4.15. The van der Waals surface area contributed by atoms with Crippen molar-refractivity contribution in [1.82, 2.24) is 14.4 Å². The van der Waals surface area contributed by atoms with Crippen LogP contribution in [-0.4, -0.2) is 47.6 Å². The number of piperazine rings is 1. The summed E-state index contributed by atoms with van der Waals surface area (Å²) in [5, 5.41) is 4.24. The van der Waals surface area contributed by atoms with Crippen molar-refractivity contribution in [2.24, 2.45) is 12.2 Å². The highest BCUT2D eigenvalue weighted by atomic mass is 16.3. The van der Waals surface area contributed by atoms with Gasteiger partial charge in [0.25, 0.3) is 0 Å². The summed E-state index contributed by atoms with van der Waals surface area (Å²) in [6.45, 7) is 5.45. The summed E-state index contributed by atoms with van der Waals surface area (Å²) in [5.74, 6) is 0. The van der Waals surface area contributed by atoms with Crippen molar-refractivity contribution >= 4 is 16.6 Å². The summed E-state index contributed by atoms with van der Waals surface area (Å²) < 4.78 is 2.08. The Morgan fingerprint density at radius 3 is 2.60 bits per heavy atom. The van der Waals surface area contributed by atoms with Gasteiger partial charge in [0, 0.05) is 51.4 Å². The van der Waals surface area contributed by atoms with E-state index in [2.05, 4.69) is 32.8 Å². The molecule has 0 spiro atoms. The molecule has 20 heavy (non-hydrogen) atoms. The second kappa shape index (κ2) is 5.34. The van der Waals surface area contributed by atoms with E-state index in [-0.39, 0.29) is 0 Å². The fourth-order valence-electron chi connectivity index (χ4n) is 2.89. The van der Waals surface area contributed by atoms with E-state index in [4.69, 9.17) is 0 Å². The highest BCUT2D eigenvalue weighted by molar-refractivity contribution is 5.86. The van der Waals surface area contributed by atoms with Gasteiger partial charge in [-0.05, 0) is 29.9 Å². The maximum absolute atomic E-state index is 10.6. The highest BCUT2D eigenvalue weighted by Crippen LogP contribution is 2.26. The minimum Gasteiger partial charge on any atom is -0.350 e. The van der Waals surface area contributed by atoms with Crippen LogP contribution in [0.5, 0.6) is 0 Å². The van der Waals surface area contributed by atoms with E-state index in [0.717, 1.165) is 38.2 Å². The van der Waals surface area contributed by atoms with Crippen LogP contribution in [0.3, 0.4) is 0 Å². The monoisotopic (exact) mass is 272 g/mol. The smallest absolute Gasteiger partial charge is 0.110 e. The normalized spacial score (nSPS) is 17.7. The van der Waals surface area contributed by atoms with Crippen LogP contribution < -0.4 is 0 Å². The first kappa shape index (κ1) is 13.3. The largest absolute Gasteiger partial charge is 0.350 e. The minimum absolute atomic E-state index is 0.491. The van der Waals surface area contributed by atoms with Crippen molar-refractivity contribution in [3.63, 3.8) is 0 Å². The van der Waals surface area contributed by atoms with Crippen LogP contribution in [0.25, 0.3) is 10.9 Å². The number of hydrogen-bond donors (Lipinski definition) is 0. The maximum atomic E-state index is 10.6. The topological polar surface area (TPSA) is 40.8 Å². The summed E-state index contributed by atoms with van der Waals surface area (Å²) in [6.07, 6.45) is 2.16. The molecule has 3 rings (SSSR count). The molecule has 1 saturated heterocycles. The number of benzene rings is 1. The second-order valence-electron chi connectivity index (χ2n) is 5.64. The SMILES string of the molecule is CN1CCN(Cc2cn(C)c3cc(N=O)ccc23)CC1. The third kappa shape index (κ3) is 2.46. The Balaban J connectivity index is 1.86. The Hall–Kier alpha value is -1.72. The molecule has 1 aromatic carbocycles. The Morgan fingerprint density at radius 1 is 1.15 bits per heavy atom. The molecule has 2 aromatic rings. The van der Waals surface area contributed by atoms with Crippen LogP contribution in [0.1, 0.15) is 5.56 Å². The second-order valence-corrected chi connectivity index (χ2v) is 5.64. The molecule has 5 heteroatoms. The first-order valence-corrected chi connectivity index (χ1v) is 6.99. The van der Waals surface area contributed by atoms with E-state index >= 15 is 0 Å². The summed E-state index contributed by atoms with van der Waals surface area (Å²) >= 11 is 0. The van der Waals surface area contributed by atoms with E-state index in [1.807, 2.05) is 19.2 Å². The molecule has 0 radical (unpaired) electrons. The summed E-state index contributed by atoms with van der Waals surface area (Å²) in [6, 6.07) is 5.66. The van der Waals surface area contributed by atoms with Gasteiger partial charge in [0.1, 0.15) is 5.69 Å². The third-order valence-corrected chi connectivity index (χ3v) is 4.15. The van der Waals surface area contributed by atoms with Crippen LogP contribution in [0, 0.1) is 4.91 Å². The van der Waals surface area contributed by atoms with Gasteiger partial charge in [0.05, 0.1) is 5.52 Å². The van der Waals surface area contributed by atoms with Crippen LogP contribution in [-0.2, 0) is 13.6 Å². The molecule has 0 amide bonds. The molecule has 0 saturated carbocycles. The average molecular weight is 272 g/mol. The molecule has 1 fully saturated rings. The van der Waals surface area contributed by atoms with Crippen molar-refractivity contribution < 1.29 is 0 Å². The van der Waals surface area contributed by atoms with Crippen molar-refractivity contribution in [2.45, 2.75) is 6.54 Å². The fraction of sp³-hybridized carbons (Fsp3) is 0.467. The van der Waals surface area contributed by atoms with Crippen LogP contribution in [0.4, 0.5) is 5.69 Å². The Kier molecular flexibility index (Phi) is 3.54. The molecule has 1 aromatic heterocycles. The molecule has 0 unspecified atom stereocenters. The minimum atomic E-state index is 0.491. The number of fused-ring (bicyclic) bond motifs is 1. The molecule has 106 valence electrons. The van der Waals surface area contributed by atoms with Gasteiger partial charge in [0.2, 0.25) is 0 Å². The first-order valence-electron chi connectivity index (χ1n) is 6.99. The van der Waals surface area contributed by atoms with Crippen LogP contribution in [0.15, 0.2) is 29.6 Å². The number of rotatable bonds is 3. The lowest BCUT2D eigenvalue weighted by atomic mass is 10.1. The van der Waals surface area contributed by atoms with Crippen molar-refractivity contribution in [2.75, 3.05) is 33.2 Å². The standard InChI is InChI=1S/C15H20N4O/c1-17-5-7-19(8-6-17)11-12-10-18(2)15-9-13(16-20)3-4-14(12)15/h3-4,9-10H,5-8,11H2,1-2H3. The lowest BCUT2D eigenvalue weighted by Crippen LogP contribution is -2.43. The molecule has 0 atom stereocenters. The van der Waals surface area contributed by atoms with E-state index < -0.39 is 0 Å². The molecule has 0 aliphatic carbocycles. The zero-order chi connectivity index (χ0) is 14.1. The van der Waals surface area contributed by atoms with Crippen LogP contribution in [0.2, 0.25) is 0 Å². The van der Waals surface area contributed by atoms with Gasteiger partial charge in [-0.1, -0.05) is 6.07 Å².